The number of halogens is 1. The van der Waals surface area contributed by atoms with Crippen molar-refractivity contribution < 1.29 is 19.1 Å². The van der Waals surface area contributed by atoms with Gasteiger partial charge in [0.25, 0.3) is 0 Å². The van der Waals surface area contributed by atoms with Crippen molar-refractivity contribution in [1.29, 1.82) is 0 Å². The molecule has 1 fully saturated rings. The molecule has 2 N–H and O–H groups in total. The number of amides is 1. The van der Waals surface area contributed by atoms with Crippen LogP contribution in [0.15, 0.2) is 24.3 Å². The smallest absolute Gasteiger partial charge is 0.307 e. The van der Waals surface area contributed by atoms with Crippen LogP contribution in [0.25, 0.3) is 0 Å². The highest BCUT2D eigenvalue weighted by Gasteiger charge is 2.48. The zero-order valence-corrected chi connectivity index (χ0v) is 9.89. The van der Waals surface area contributed by atoms with Crippen LogP contribution < -0.4 is 5.32 Å². The predicted molar refractivity (Wildman–Crippen MR) is 62.2 cm³/mol. The Hall–Kier alpha value is -1.91. The first-order chi connectivity index (χ1) is 8.49. The van der Waals surface area contributed by atoms with Gasteiger partial charge in [-0.1, -0.05) is 12.1 Å². The van der Waals surface area contributed by atoms with Crippen LogP contribution in [-0.4, -0.2) is 17.0 Å². The van der Waals surface area contributed by atoms with Gasteiger partial charge in [-0.3, -0.25) is 9.59 Å². The Labute approximate surface area is 104 Å². The summed E-state index contributed by atoms with van der Waals surface area (Å²) in [5, 5.41) is 11.4. The van der Waals surface area contributed by atoms with Crippen LogP contribution in [0.2, 0.25) is 0 Å². The van der Waals surface area contributed by atoms with Crippen molar-refractivity contribution in [2.24, 2.45) is 11.8 Å². The Morgan fingerprint density at radius 2 is 2.17 bits per heavy atom. The Bertz CT molecular complexity index is 489. The van der Waals surface area contributed by atoms with Crippen molar-refractivity contribution in [2.75, 3.05) is 0 Å². The number of hydrogen-bond donors (Lipinski definition) is 2. The lowest BCUT2D eigenvalue weighted by Crippen LogP contribution is -2.29. The molecule has 1 aromatic carbocycles. The minimum Gasteiger partial charge on any atom is -0.481 e. The molecular formula is C13H14FNO3. The topological polar surface area (TPSA) is 66.4 Å². The summed E-state index contributed by atoms with van der Waals surface area (Å²) in [6, 6.07) is 5.65. The van der Waals surface area contributed by atoms with Crippen LogP contribution in [0.3, 0.4) is 0 Å². The Balaban J connectivity index is 1.94. The lowest BCUT2D eigenvalue weighted by Gasteiger charge is -2.14. The molecule has 4 nitrogen and oxygen atoms in total. The molecule has 0 radical (unpaired) electrons. The van der Waals surface area contributed by atoms with E-state index in [0.29, 0.717) is 12.0 Å². The molecule has 0 aromatic heterocycles. The molecule has 96 valence electrons. The number of nitrogens with one attached hydrogen (secondary N) is 1. The Kier molecular flexibility index (Phi) is 3.32. The summed E-state index contributed by atoms with van der Waals surface area (Å²) in [6.45, 7) is 1.74. The highest BCUT2D eigenvalue weighted by atomic mass is 19.1. The number of aliphatic carboxylic acids is 1. The summed E-state index contributed by atoms with van der Waals surface area (Å²) in [6.07, 6.45) is 0.386. The molecule has 0 bridgehead atoms. The van der Waals surface area contributed by atoms with E-state index in [1.54, 1.807) is 19.1 Å². The number of carbonyl (C=O) groups is 2. The van der Waals surface area contributed by atoms with Crippen LogP contribution in [0.5, 0.6) is 0 Å². The van der Waals surface area contributed by atoms with E-state index < -0.39 is 17.8 Å². The van der Waals surface area contributed by atoms with Gasteiger partial charge in [0.2, 0.25) is 5.91 Å². The third kappa shape index (κ3) is 2.67. The van der Waals surface area contributed by atoms with Gasteiger partial charge < -0.3 is 10.4 Å². The van der Waals surface area contributed by atoms with Gasteiger partial charge in [0.15, 0.2) is 0 Å². The molecule has 1 aliphatic rings. The summed E-state index contributed by atoms with van der Waals surface area (Å²) in [5.74, 6) is -2.58. The maximum absolute atomic E-state index is 13.0. The number of carbonyl (C=O) groups excluding carboxylic acids is 1. The quantitative estimate of drug-likeness (QED) is 0.856. The normalized spacial score (nSPS) is 23.2. The zero-order chi connectivity index (χ0) is 13.3. The van der Waals surface area contributed by atoms with E-state index in [-0.39, 0.29) is 17.8 Å². The fourth-order valence-electron chi connectivity index (χ4n) is 1.94. The van der Waals surface area contributed by atoms with E-state index in [2.05, 4.69) is 5.32 Å². The van der Waals surface area contributed by atoms with Crippen LogP contribution in [0, 0.1) is 17.7 Å². The fraction of sp³-hybridized carbons (Fsp3) is 0.385. The zero-order valence-electron chi connectivity index (χ0n) is 9.89. The third-order valence-corrected chi connectivity index (χ3v) is 3.15. The average molecular weight is 251 g/mol. The van der Waals surface area contributed by atoms with Crippen molar-refractivity contribution in [2.45, 2.75) is 19.4 Å². The molecule has 5 heteroatoms. The van der Waals surface area contributed by atoms with Crippen molar-refractivity contribution in [3.8, 4) is 0 Å². The van der Waals surface area contributed by atoms with E-state index in [1.165, 1.54) is 12.1 Å². The molecular weight excluding hydrogens is 237 g/mol. The molecule has 0 spiro atoms. The first kappa shape index (κ1) is 12.5. The van der Waals surface area contributed by atoms with Gasteiger partial charge in [-0.15, -0.1) is 0 Å². The lowest BCUT2D eigenvalue weighted by atomic mass is 10.1. The van der Waals surface area contributed by atoms with Crippen LogP contribution >= 0.6 is 0 Å². The lowest BCUT2D eigenvalue weighted by molar-refractivity contribution is -0.140. The third-order valence-electron chi connectivity index (χ3n) is 3.15. The minimum atomic E-state index is -0.937. The monoisotopic (exact) mass is 251 g/mol. The second-order valence-electron chi connectivity index (χ2n) is 4.57. The molecule has 1 aliphatic carbocycles. The van der Waals surface area contributed by atoms with Crippen LogP contribution in [-0.2, 0) is 9.59 Å². The molecule has 3 atom stereocenters. The Morgan fingerprint density at radius 1 is 1.44 bits per heavy atom. The van der Waals surface area contributed by atoms with Crippen molar-refractivity contribution in [3.63, 3.8) is 0 Å². The largest absolute Gasteiger partial charge is 0.481 e. The van der Waals surface area contributed by atoms with Crippen LogP contribution in [0.4, 0.5) is 4.39 Å². The molecule has 0 aliphatic heterocycles. The van der Waals surface area contributed by atoms with E-state index in [1.807, 2.05) is 0 Å². The molecule has 2 unspecified atom stereocenters. The molecule has 1 aromatic rings. The first-order valence-electron chi connectivity index (χ1n) is 5.77. The summed E-state index contributed by atoms with van der Waals surface area (Å²) in [5.41, 5.74) is 0.663. The Morgan fingerprint density at radius 3 is 2.72 bits per heavy atom. The molecule has 1 saturated carbocycles. The van der Waals surface area contributed by atoms with Gasteiger partial charge in [0, 0.05) is 0 Å². The standard InChI is InChI=1S/C13H14FNO3/c1-7(8-3-2-4-9(14)5-8)15-12(16)10-6-11(10)13(17)18/h2-5,7,10-11H,6H2,1H3,(H,15,16)(H,17,18)/t7-,10?,11?/m1/s1. The summed E-state index contributed by atoms with van der Waals surface area (Å²) < 4.78 is 13.0. The molecule has 0 heterocycles. The van der Waals surface area contributed by atoms with E-state index >= 15 is 0 Å². The van der Waals surface area contributed by atoms with Gasteiger partial charge in [0.05, 0.1) is 17.9 Å². The van der Waals surface area contributed by atoms with Gasteiger partial charge in [-0.05, 0) is 31.0 Å². The number of rotatable bonds is 4. The summed E-state index contributed by atoms with van der Waals surface area (Å²) in [7, 11) is 0. The number of carboxylic acids is 1. The van der Waals surface area contributed by atoms with Gasteiger partial charge >= 0.3 is 5.97 Å². The number of carboxylic acid groups (broad SMARTS) is 1. The molecule has 2 rings (SSSR count). The van der Waals surface area contributed by atoms with Crippen molar-refractivity contribution in [3.05, 3.63) is 35.6 Å². The minimum absolute atomic E-state index is 0.279. The number of benzene rings is 1. The molecule has 0 saturated heterocycles. The SMILES string of the molecule is C[C@@H](NC(=O)C1CC1C(=O)O)c1cccc(F)c1. The molecule has 18 heavy (non-hydrogen) atoms. The maximum Gasteiger partial charge on any atom is 0.307 e. The fourth-order valence-corrected chi connectivity index (χ4v) is 1.94. The van der Waals surface area contributed by atoms with Gasteiger partial charge in [-0.2, -0.15) is 0 Å². The van der Waals surface area contributed by atoms with Gasteiger partial charge in [-0.25, -0.2) is 4.39 Å². The number of hydrogen-bond acceptors (Lipinski definition) is 2. The summed E-state index contributed by atoms with van der Waals surface area (Å²) >= 11 is 0. The van der Waals surface area contributed by atoms with Crippen molar-refractivity contribution >= 4 is 11.9 Å². The highest BCUT2D eigenvalue weighted by molar-refractivity contribution is 5.89. The van der Waals surface area contributed by atoms with Gasteiger partial charge in [0.1, 0.15) is 5.82 Å². The molecule has 1 amide bonds. The van der Waals surface area contributed by atoms with E-state index in [0.717, 1.165) is 0 Å². The second-order valence-corrected chi connectivity index (χ2v) is 4.57. The predicted octanol–water partition coefficient (Wildman–Crippen LogP) is 1.72. The summed E-state index contributed by atoms with van der Waals surface area (Å²) in [4.78, 5) is 22.4. The maximum atomic E-state index is 13.0. The van der Waals surface area contributed by atoms with Crippen LogP contribution in [0.1, 0.15) is 24.9 Å². The van der Waals surface area contributed by atoms with E-state index in [4.69, 9.17) is 5.11 Å². The first-order valence-corrected chi connectivity index (χ1v) is 5.77. The van der Waals surface area contributed by atoms with E-state index in [9.17, 15) is 14.0 Å². The highest BCUT2D eigenvalue weighted by Crippen LogP contribution is 2.39. The second kappa shape index (κ2) is 4.76. The van der Waals surface area contributed by atoms with Crippen molar-refractivity contribution in [1.82, 2.24) is 5.32 Å². The average Bonchev–Trinajstić information content (AvgIpc) is 3.08.